The summed E-state index contributed by atoms with van der Waals surface area (Å²) in [7, 11) is 0. The molecule has 0 fully saturated rings. The number of anilines is 1. The predicted octanol–water partition coefficient (Wildman–Crippen LogP) is 6.02. The molecule has 2 bridgehead atoms. The number of nitrogens with one attached hydrogen (secondary N) is 2. The molecule has 2 aromatic rings. The van der Waals surface area contributed by atoms with E-state index in [0.29, 0.717) is 0 Å². The molecule has 6 nitrogen and oxygen atoms in total. The van der Waals surface area contributed by atoms with Gasteiger partial charge in [-0.2, -0.15) is 5.26 Å². The van der Waals surface area contributed by atoms with E-state index in [0.717, 1.165) is 42.5 Å². The Hall–Kier alpha value is -3.43. The number of hydrogen-bond donors (Lipinski definition) is 2. The van der Waals surface area contributed by atoms with Crippen molar-refractivity contribution in [2.75, 3.05) is 5.32 Å². The predicted molar refractivity (Wildman–Crippen MR) is 133 cm³/mol. The molecule has 34 heavy (non-hydrogen) atoms. The van der Waals surface area contributed by atoms with Crippen LogP contribution in [0.3, 0.4) is 0 Å². The molecule has 2 atom stereocenters. The van der Waals surface area contributed by atoms with E-state index in [1.54, 1.807) is 0 Å². The summed E-state index contributed by atoms with van der Waals surface area (Å²) in [6.45, 7) is 8.80. The lowest BCUT2D eigenvalue weighted by Crippen LogP contribution is -2.35. The molecule has 0 saturated heterocycles. The van der Waals surface area contributed by atoms with Crippen LogP contribution in [0.2, 0.25) is 0 Å². The van der Waals surface area contributed by atoms with E-state index in [2.05, 4.69) is 79.4 Å². The molecular weight excluding hydrogens is 424 g/mol. The van der Waals surface area contributed by atoms with Gasteiger partial charge in [0, 0.05) is 17.7 Å². The van der Waals surface area contributed by atoms with Gasteiger partial charge >= 0.3 is 0 Å². The minimum Gasteiger partial charge on any atom is -0.356 e. The van der Waals surface area contributed by atoms with Crippen molar-refractivity contribution in [2.24, 2.45) is 5.41 Å². The van der Waals surface area contributed by atoms with E-state index in [9.17, 15) is 4.79 Å². The highest BCUT2D eigenvalue weighted by molar-refractivity contribution is 6.03. The molecule has 0 saturated carbocycles. The van der Waals surface area contributed by atoms with Crippen LogP contribution in [0.25, 0.3) is 11.1 Å². The van der Waals surface area contributed by atoms with Gasteiger partial charge in [0.15, 0.2) is 5.82 Å². The fourth-order valence-electron chi connectivity index (χ4n) is 5.16. The smallest absolute Gasteiger partial charge is 0.291 e. The van der Waals surface area contributed by atoms with Gasteiger partial charge in [0.1, 0.15) is 17.4 Å². The van der Waals surface area contributed by atoms with Crippen molar-refractivity contribution in [3.63, 3.8) is 0 Å². The molecule has 1 aromatic carbocycles. The largest absolute Gasteiger partial charge is 0.356 e. The van der Waals surface area contributed by atoms with Gasteiger partial charge in [-0.1, -0.05) is 38.1 Å². The molecule has 0 unspecified atom stereocenters. The molecule has 1 amide bonds. The summed E-state index contributed by atoms with van der Waals surface area (Å²) in [6.07, 6.45) is 14.0. The van der Waals surface area contributed by atoms with Crippen molar-refractivity contribution in [2.45, 2.75) is 64.6 Å². The molecular formula is C28H30N4O2. The Morgan fingerprint density at radius 1 is 1.21 bits per heavy atom. The first-order valence-corrected chi connectivity index (χ1v) is 11.8. The molecule has 5 rings (SSSR count). The van der Waals surface area contributed by atoms with Crippen LogP contribution in [0, 0.1) is 16.7 Å². The van der Waals surface area contributed by atoms with E-state index >= 15 is 0 Å². The maximum Gasteiger partial charge on any atom is 0.291 e. The number of nitrogens with zero attached hydrogens (tertiary/aromatic N) is 2. The normalized spacial score (nSPS) is 27.0. The lowest BCUT2D eigenvalue weighted by molar-refractivity contribution is -0.0472. The Morgan fingerprint density at radius 2 is 2.03 bits per heavy atom. The number of fused-ring (bicyclic) bond motifs is 2. The summed E-state index contributed by atoms with van der Waals surface area (Å²) >= 11 is 0. The monoisotopic (exact) mass is 454 g/mol. The number of rotatable bonds is 4. The van der Waals surface area contributed by atoms with Crippen LogP contribution in [-0.4, -0.2) is 27.1 Å². The molecule has 3 aliphatic rings. The van der Waals surface area contributed by atoms with Crippen molar-refractivity contribution in [1.82, 2.24) is 9.97 Å². The van der Waals surface area contributed by atoms with E-state index in [4.69, 9.17) is 10.00 Å². The minimum atomic E-state index is -0.388. The molecule has 2 aliphatic heterocycles. The van der Waals surface area contributed by atoms with Gasteiger partial charge in [-0.3, -0.25) is 4.79 Å². The second-order valence-electron chi connectivity index (χ2n) is 10.8. The number of carbonyl (C=O) groups excluding carboxylic acids is 1. The summed E-state index contributed by atoms with van der Waals surface area (Å²) in [5, 5.41) is 12.1. The highest BCUT2D eigenvalue weighted by atomic mass is 16.5. The van der Waals surface area contributed by atoms with Gasteiger partial charge in [0.05, 0.1) is 11.8 Å². The first-order valence-electron chi connectivity index (χ1n) is 11.8. The SMILES string of the molecule is CC1(C)CC=C(c2cc(C3=C[C@]4(C)C=C[C@@](C)(C3)O4)ccc2NC(=O)c2ncc(C#N)[nH]2)CC1. The summed E-state index contributed by atoms with van der Waals surface area (Å²) in [5.74, 6) is -0.235. The van der Waals surface area contributed by atoms with Gasteiger partial charge in [0.25, 0.3) is 5.91 Å². The molecule has 0 spiro atoms. The zero-order valence-corrected chi connectivity index (χ0v) is 20.2. The lowest BCUT2D eigenvalue weighted by atomic mass is 9.76. The van der Waals surface area contributed by atoms with E-state index in [1.807, 2.05) is 12.1 Å². The number of carbonyl (C=O) groups is 1. The number of benzene rings is 1. The van der Waals surface area contributed by atoms with Gasteiger partial charge in [-0.15, -0.1) is 0 Å². The minimum absolute atomic E-state index is 0.126. The van der Waals surface area contributed by atoms with Crippen LogP contribution in [-0.2, 0) is 4.74 Å². The lowest BCUT2D eigenvalue weighted by Gasteiger charge is -2.35. The number of nitriles is 1. The van der Waals surface area contributed by atoms with Crippen LogP contribution in [0.5, 0.6) is 0 Å². The van der Waals surface area contributed by atoms with Gasteiger partial charge in [-0.05, 0) is 73.4 Å². The Morgan fingerprint density at radius 3 is 2.71 bits per heavy atom. The van der Waals surface area contributed by atoms with Gasteiger partial charge < -0.3 is 15.0 Å². The average molecular weight is 455 g/mol. The Bertz CT molecular complexity index is 1310. The zero-order valence-electron chi connectivity index (χ0n) is 20.2. The molecule has 6 heteroatoms. The molecule has 0 radical (unpaired) electrons. The van der Waals surface area contributed by atoms with Crippen LogP contribution >= 0.6 is 0 Å². The van der Waals surface area contributed by atoms with Gasteiger partial charge in [0.2, 0.25) is 0 Å². The topological polar surface area (TPSA) is 90.8 Å². The Balaban J connectivity index is 1.52. The number of aromatic amines is 1. The zero-order chi connectivity index (χ0) is 24.1. The highest BCUT2D eigenvalue weighted by Crippen LogP contribution is 2.46. The Kier molecular flexibility index (Phi) is 5.14. The van der Waals surface area contributed by atoms with Crippen molar-refractivity contribution in [3.05, 3.63) is 71.3 Å². The summed E-state index contributed by atoms with van der Waals surface area (Å²) < 4.78 is 6.24. The fraction of sp³-hybridized carbons (Fsp3) is 0.393. The van der Waals surface area contributed by atoms with Crippen LogP contribution in [0.4, 0.5) is 5.69 Å². The van der Waals surface area contributed by atoms with Gasteiger partial charge in [-0.25, -0.2) is 4.98 Å². The molecule has 174 valence electrons. The van der Waals surface area contributed by atoms with Crippen molar-refractivity contribution in [1.29, 1.82) is 5.26 Å². The van der Waals surface area contributed by atoms with Crippen LogP contribution in [0.15, 0.2) is 48.7 Å². The fourth-order valence-corrected chi connectivity index (χ4v) is 5.16. The average Bonchev–Trinajstić information content (AvgIpc) is 3.35. The summed E-state index contributed by atoms with van der Waals surface area (Å²) in [6, 6.07) is 8.22. The number of H-pyrrole nitrogens is 1. The first kappa shape index (κ1) is 22.4. The third-order valence-corrected chi connectivity index (χ3v) is 7.09. The highest BCUT2D eigenvalue weighted by Gasteiger charge is 2.42. The standard InChI is InChI=1S/C28H30N4O2/c1-26(2)9-7-18(8-10-26)22-13-19(20-14-27(3)11-12-28(4,15-20)34-27)5-6-23(22)32-25(33)24-30-17-21(16-29)31-24/h5-7,11-14,17H,8-10,15H2,1-4H3,(H,30,31)(H,32,33)/t27-,28-/m0/s1. The Labute approximate surface area is 200 Å². The number of hydrogen-bond acceptors (Lipinski definition) is 4. The third-order valence-electron chi connectivity index (χ3n) is 7.09. The number of allylic oxidation sites excluding steroid dienone is 2. The van der Waals surface area contributed by atoms with Crippen molar-refractivity contribution in [3.8, 4) is 6.07 Å². The van der Waals surface area contributed by atoms with Crippen molar-refractivity contribution < 1.29 is 9.53 Å². The van der Waals surface area contributed by atoms with Crippen LogP contribution in [0.1, 0.15) is 80.8 Å². The maximum absolute atomic E-state index is 12.9. The van der Waals surface area contributed by atoms with E-state index < -0.39 is 0 Å². The summed E-state index contributed by atoms with van der Waals surface area (Å²) in [4.78, 5) is 19.7. The third kappa shape index (κ3) is 4.24. The van der Waals surface area contributed by atoms with Crippen molar-refractivity contribution >= 4 is 22.7 Å². The number of aromatic nitrogens is 2. The quantitative estimate of drug-likeness (QED) is 0.553. The van der Waals surface area contributed by atoms with E-state index in [-0.39, 0.29) is 34.0 Å². The molecule has 2 N–H and O–H groups in total. The molecule has 1 aliphatic carbocycles. The van der Waals surface area contributed by atoms with Crippen LogP contribution < -0.4 is 5.32 Å². The number of ether oxygens (including phenoxy) is 1. The number of amides is 1. The maximum atomic E-state index is 12.9. The second-order valence-corrected chi connectivity index (χ2v) is 10.8. The molecule has 3 heterocycles. The molecule has 1 aromatic heterocycles. The van der Waals surface area contributed by atoms with E-state index in [1.165, 1.54) is 17.3 Å². The summed E-state index contributed by atoms with van der Waals surface area (Å²) in [5.41, 5.74) is 5.30. The number of imidazole rings is 1. The second kappa shape index (κ2) is 7.82. The first-order chi connectivity index (χ1) is 16.1.